The zero-order chi connectivity index (χ0) is 16.5. The van der Waals surface area contributed by atoms with Crippen LogP contribution in [0.5, 0.6) is 0 Å². The molecule has 2 aliphatic rings. The molecule has 0 aliphatic heterocycles. The largest absolute Gasteiger partial charge is 1.00 e. The van der Waals surface area contributed by atoms with Crippen molar-refractivity contribution in [3.05, 3.63) is 52.9 Å². The van der Waals surface area contributed by atoms with Gasteiger partial charge in [-0.15, -0.1) is 4.68 Å². The van der Waals surface area contributed by atoms with Crippen LogP contribution in [-0.4, -0.2) is 20.1 Å². The Morgan fingerprint density at radius 3 is 2.40 bits per heavy atom. The third kappa shape index (κ3) is 3.57. The van der Waals surface area contributed by atoms with Crippen molar-refractivity contribution in [2.75, 3.05) is 0 Å². The Balaban J connectivity index is 0.00000182. The first-order valence-corrected chi connectivity index (χ1v) is 9.07. The van der Waals surface area contributed by atoms with Gasteiger partial charge in [0.25, 0.3) is 0 Å². The smallest absolute Gasteiger partial charge is 0.331 e. The molecule has 2 aromatic rings. The van der Waals surface area contributed by atoms with E-state index in [4.69, 9.17) is 10.3 Å². The third-order valence-corrected chi connectivity index (χ3v) is 5.34. The maximum Gasteiger partial charge on any atom is 0.331 e. The molecule has 0 bridgehead atoms. The second-order valence-corrected chi connectivity index (χ2v) is 7.18. The maximum absolute atomic E-state index is 4.78. The number of hydrogen-bond acceptors (Lipinski definition) is 4. The normalized spacial score (nSPS) is 16.4. The van der Waals surface area contributed by atoms with Crippen molar-refractivity contribution in [1.29, 1.82) is 0 Å². The Bertz CT molecular complexity index is 832. The van der Waals surface area contributed by atoms with Crippen molar-refractivity contribution < 1.29 is 21.7 Å². The monoisotopic (exact) mass is 417 g/mol. The third-order valence-electron chi connectivity index (χ3n) is 4.30. The van der Waals surface area contributed by atoms with E-state index in [0.717, 1.165) is 42.3 Å². The van der Waals surface area contributed by atoms with Gasteiger partial charge in [-0.1, -0.05) is 41.7 Å². The van der Waals surface area contributed by atoms with Crippen LogP contribution >= 0.6 is 11.3 Å². The summed E-state index contributed by atoms with van der Waals surface area (Å²) in [6.45, 7) is 4.11. The molecular weight excluding hydrogens is 398 g/mol. The number of allylic oxidation sites excluding steroid dienone is 8. The number of nitrogens with zero attached hydrogens (tertiary/aromatic N) is 5. The predicted octanol–water partition coefficient (Wildman–Crippen LogP) is 0.556. The van der Waals surface area contributed by atoms with E-state index >= 15 is 0 Å². The van der Waals surface area contributed by atoms with Crippen LogP contribution in [0.25, 0.3) is 16.4 Å². The van der Waals surface area contributed by atoms with Crippen molar-refractivity contribution in [2.45, 2.75) is 39.5 Å². The van der Waals surface area contributed by atoms with Gasteiger partial charge < -0.3 is 17.0 Å². The molecule has 5 nitrogen and oxygen atoms in total. The van der Waals surface area contributed by atoms with E-state index in [9.17, 15) is 0 Å². The van der Waals surface area contributed by atoms with Crippen molar-refractivity contribution in [1.82, 2.24) is 20.1 Å². The summed E-state index contributed by atoms with van der Waals surface area (Å²) in [5, 5.41) is 10.3. The number of aromatic nitrogens is 5. The molecule has 0 amide bonds. The lowest BCUT2D eigenvalue weighted by molar-refractivity contribution is -0.652. The van der Waals surface area contributed by atoms with Crippen LogP contribution in [-0.2, 0) is 0 Å². The molecule has 0 saturated heterocycles. The van der Waals surface area contributed by atoms with E-state index in [0.29, 0.717) is 0 Å². The van der Waals surface area contributed by atoms with Gasteiger partial charge in [0.15, 0.2) is 0 Å². The summed E-state index contributed by atoms with van der Waals surface area (Å²) in [4.78, 5) is 7.48. The minimum Gasteiger partial charge on any atom is -1.00 e. The first-order chi connectivity index (χ1) is 11.7. The van der Waals surface area contributed by atoms with Gasteiger partial charge in [-0.3, -0.25) is 0 Å². The molecule has 130 valence electrons. The minimum absolute atomic E-state index is 0. The Labute approximate surface area is 161 Å². The lowest BCUT2D eigenvalue weighted by Gasteiger charge is -2.07. The molecular formula is C18H20BrN5S. The lowest BCUT2D eigenvalue weighted by Crippen LogP contribution is -3.00. The highest BCUT2D eigenvalue weighted by molar-refractivity contribution is 7.14. The molecule has 0 unspecified atom stereocenters. The fourth-order valence-corrected chi connectivity index (χ4v) is 3.65. The summed E-state index contributed by atoms with van der Waals surface area (Å²) in [5.74, 6) is 0.923. The number of aryl methyl sites for hydroxylation is 2. The van der Waals surface area contributed by atoms with Crippen molar-refractivity contribution >= 4 is 22.6 Å². The standard InChI is InChI=1S/C18H20N5S.BrH/c1-13-14(2)24-18(19-13)23-20-17(15-9-5-3-6-10-15)22(21-23)16-11-7-4-8-12-16;/h3-5,7,10,12H,6,8-9,11H2,1-2H3;1H/q+1;/p-1. The molecule has 0 saturated carbocycles. The Hall–Kier alpha value is -1.86. The fourth-order valence-electron chi connectivity index (χ4n) is 2.84. The van der Waals surface area contributed by atoms with E-state index in [1.54, 1.807) is 16.1 Å². The molecule has 0 fully saturated rings. The molecule has 4 rings (SSSR count). The van der Waals surface area contributed by atoms with Crippen molar-refractivity contribution in [3.8, 4) is 5.13 Å². The summed E-state index contributed by atoms with van der Waals surface area (Å²) >= 11 is 1.63. The number of rotatable bonds is 3. The molecule has 2 aromatic heterocycles. The highest BCUT2D eigenvalue weighted by atomic mass is 79.9. The molecule has 0 atom stereocenters. The number of halogens is 1. The van der Waals surface area contributed by atoms with E-state index in [2.05, 4.69) is 48.4 Å². The summed E-state index contributed by atoms with van der Waals surface area (Å²) < 4.78 is 1.99. The molecule has 0 radical (unpaired) electrons. The van der Waals surface area contributed by atoms with Crippen LogP contribution in [0.15, 0.2) is 36.5 Å². The van der Waals surface area contributed by atoms with Crippen LogP contribution in [0.4, 0.5) is 0 Å². The first kappa shape index (κ1) is 17.9. The van der Waals surface area contributed by atoms with E-state index < -0.39 is 0 Å². The number of hydrogen-bond donors (Lipinski definition) is 0. The molecule has 25 heavy (non-hydrogen) atoms. The topological polar surface area (TPSA) is 47.5 Å². The van der Waals surface area contributed by atoms with E-state index in [1.807, 2.05) is 11.6 Å². The Morgan fingerprint density at radius 2 is 1.80 bits per heavy atom. The van der Waals surface area contributed by atoms with Crippen LogP contribution in [0.1, 0.15) is 42.1 Å². The maximum atomic E-state index is 4.78. The average molecular weight is 418 g/mol. The summed E-state index contributed by atoms with van der Waals surface area (Å²) in [5.41, 5.74) is 3.45. The van der Waals surface area contributed by atoms with Crippen LogP contribution in [0.2, 0.25) is 0 Å². The molecule has 0 N–H and O–H groups in total. The first-order valence-electron chi connectivity index (χ1n) is 8.25. The van der Waals surface area contributed by atoms with Gasteiger partial charge >= 0.3 is 11.0 Å². The van der Waals surface area contributed by atoms with Gasteiger partial charge in [-0.2, -0.15) is 0 Å². The Morgan fingerprint density at radius 1 is 1.04 bits per heavy atom. The van der Waals surface area contributed by atoms with Crippen molar-refractivity contribution in [3.63, 3.8) is 0 Å². The second-order valence-electron chi connectivity index (χ2n) is 6.00. The highest BCUT2D eigenvalue weighted by Gasteiger charge is 2.28. The molecule has 2 aliphatic carbocycles. The van der Waals surface area contributed by atoms with Crippen LogP contribution < -0.4 is 21.7 Å². The van der Waals surface area contributed by atoms with Crippen LogP contribution in [0.3, 0.4) is 0 Å². The molecule has 7 heteroatoms. The van der Waals surface area contributed by atoms with E-state index in [-0.39, 0.29) is 17.0 Å². The Kier molecular flexibility index (Phi) is 5.44. The van der Waals surface area contributed by atoms with E-state index in [1.165, 1.54) is 16.1 Å². The van der Waals surface area contributed by atoms with Crippen LogP contribution in [0, 0.1) is 13.8 Å². The summed E-state index contributed by atoms with van der Waals surface area (Å²) in [6.07, 6.45) is 16.9. The molecule has 0 aromatic carbocycles. The SMILES string of the molecule is Cc1nc(-n2nc(C3=CCC=CC3)[n+](C3=CCC=CC3)n2)sc1C.[Br-]. The van der Waals surface area contributed by atoms with Gasteiger partial charge in [0.05, 0.1) is 16.0 Å². The van der Waals surface area contributed by atoms with Gasteiger partial charge in [-0.05, 0) is 39.2 Å². The number of tetrazole rings is 1. The zero-order valence-electron chi connectivity index (χ0n) is 14.3. The minimum atomic E-state index is 0. The molecule has 0 spiro atoms. The van der Waals surface area contributed by atoms with Crippen molar-refractivity contribution in [2.24, 2.45) is 0 Å². The predicted molar refractivity (Wildman–Crippen MR) is 95.7 cm³/mol. The van der Waals surface area contributed by atoms with Gasteiger partial charge in [0, 0.05) is 21.7 Å². The summed E-state index contributed by atoms with van der Waals surface area (Å²) in [7, 11) is 0. The molecule has 2 heterocycles. The highest BCUT2D eigenvalue weighted by Crippen LogP contribution is 2.23. The van der Waals surface area contributed by atoms with Gasteiger partial charge in [-0.25, -0.2) is 4.98 Å². The second kappa shape index (κ2) is 7.58. The number of thiazole rings is 1. The average Bonchev–Trinajstić information content (AvgIpc) is 3.21. The quantitative estimate of drug-likeness (QED) is 0.541. The fraction of sp³-hybridized carbons (Fsp3) is 0.333. The lowest BCUT2D eigenvalue weighted by atomic mass is 10.0. The van der Waals surface area contributed by atoms with Gasteiger partial charge in [0.2, 0.25) is 0 Å². The van der Waals surface area contributed by atoms with Gasteiger partial charge in [0.1, 0.15) is 5.70 Å². The summed E-state index contributed by atoms with van der Waals surface area (Å²) in [6, 6.07) is 0. The zero-order valence-corrected chi connectivity index (χ0v) is 16.7.